The predicted molar refractivity (Wildman–Crippen MR) is 138 cm³/mol. The van der Waals surface area contributed by atoms with Crippen LogP contribution in [0, 0.1) is 0 Å². The molecule has 0 fully saturated rings. The van der Waals surface area contributed by atoms with Crippen LogP contribution in [0.5, 0.6) is 11.5 Å². The van der Waals surface area contributed by atoms with Crippen molar-refractivity contribution in [3.63, 3.8) is 0 Å². The molecule has 1 unspecified atom stereocenters. The standard InChI is InChI=1S/C30H27NO5/c1-3-31(4-2)27(19-32)35-23-14-12-20(13-15-23)28-24-17-22-11-8-16-34-25(22)18-26(24)36-30(28)29(33)21-9-6-5-7-10-21/h5-10,12-19,27H,3-4,11H2,1-2H3. The van der Waals surface area contributed by atoms with E-state index in [0.717, 1.165) is 40.5 Å². The van der Waals surface area contributed by atoms with Gasteiger partial charge in [-0.2, -0.15) is 0 Å². The Balaban J connectivity index is 1.58. The van der Waals surface area contributed by atoms with Gasteiger partial charge in [-0.1, -0.05) is 56.3 Å². The van der Waals surface area contributed by atoms with E-state index in [1.54, 1.807) is 18.4 Å². The van der Waals surface area contributed by atoms with Gasteiger partial charge in [-0.05, 0) is 54.9 Å². The average Bonchev–Trinajstić information content (AvgIpc) is 3.30. The molecule has 6 nitrogen and oxygen atoms in total. The van der Waals surface area contributed by atoms with E-state index < -0.39 is 6.23 Å². The molecule has 2 heterocycles. The summed E-state index contributed by atoms with van der Waals surface area (Å²) in [6.07, 6.45) is 4.51. The van der Waals surface area contributed by atoms with Crippen molar-refractivity contribution in [1.82, 2.24) is 4.90 Å². The molecule has 182 valence electrons. The number of fused-ring (bicyclic) bond motifs is 2. The molecule has 0 saturated carbocycles. The fourth-order valence-corrected chi connectivity index (χ4v) is 4.51. The van der Waals surface area contributed by atoms with Gasteiger partial charge in [0.05, 0.1) is 6.26 Å². The molecule has 0 N–H and O–H groups in total. The van der Waals surface area contributed by atoms with Crippen LogP contribution in [-0.2, 0) is 11.2 Å². The van der Waals surface area contributed by atoms with Gasteiger partial charge >= 0.3 is 0 Å². The van der Waals surface area contributed by atoms with E-state index in [4.69, 9.17) is 13.9 Å². The van der Waals surface area contributed by atoms with Crippen LogP contribution >= 0.6 is 0 Å². The van der Waals surface area contributed by atoms with Gasteiger partial charge in [0.25, 0.3) is 0 Å². The number of aldehydes is 1. The lowest BCUT2D eigenvalue weighted by molar-refractivity contribution is -0.121. The Kier molecular flexibility index (Phi) is 6.69. The number of ketones is 1. The summed E-state index contributed by atoms with van der Waals surface area (Å²) in [6.45, 7) is 5.38. The van der Waals surface area contributed by atoms with E-state index in [0.29, 0.717) is 30.0 Å². The first-order chi connectivity index (χ1) is 17.6. The van der Waals surface area contributed by atoms with Crippen LogP contribution in [0.2, 0.25) is 0 Å². The quantitative estimate of drug-likeness (QED) is 0.165. The van der Waals surface area contributed by atoms with Crippen LogP contribution in [0.3, 0.4) is 0 Å². The van der Waals surface area contributed by atoms with Crippen molar-refractivity contribution >= 4 is 23.0 Å². The van der Waals surface area contributed by atoms with Crippen molar-refractivity contribution < 1.29 is 23.5 Å². The molecule has 3 aromatic carbocycles. The summed E-state index contributed by atoms with van der Waals surface area (Å²) in [5.41, 5.74) is 3.70. The second-order valence-electron chi connectivity index (χ2n) is 8.54. The van der Waals surface area contributed by atoms with E-state index in [-0.39, 0.29) is 11.5 Å². The number of hydrogen-bond donors (Lipinski definition) is 0. The number of carbonyl (C=O) groups excluding carboxylic acids is 2. The second-order valence-corrected chi connectivity index (χ2v) is 8.54. The van der Waals surface area contributed by atoms with Crippen LogP contribution in [-0.4, -0.2) is 36.3 Å². The minimum atomic E-state index is -0.657. The third-order valence-electron chi connectivity index (χ3n) is 6.43. The van der Waals surface area contributed by atoms with Crippen molar-refractivity contribution in [2.75, 3.05) is 13.1 Å². The molecular weight excluding hydrogens is 454 g/mol. The zero-order chi connectivity index (χ0) is 25.1. The zero-order valence-electron chi connectivity index (χ0n) is 20.3. The van der Waals surface area contributed by atoms with Crippen molar-refractivity contribution in [3.05, 3.63) is 96.0 Å². The summed E-state index contributed by atoms with van der Waals surface area (Å²) < 4.78 is 17.8. The number of carbonyl (C=O) groups is 2. The normalized spacial score (nSPS) is 13.3. The van der Waals surface area contributed by atoms with Crippen LogP contribution in [0.4, 0.5) is 0 Å². The van der Waals surface area contributed by atoms with E-state index >= 15 is 0 Å². The molecule has 36 heavy (non-hydrogen) atoms. The van der Waals surface area contributed by atoms with Crippen molar-refractivity contribution in [2.24, 2.45) is 0 Å². The van der Waals surface area contributed by atoms with E-state index in [1.165, 1.54) is 0 Å². The topological polar surface area (TPSA) is 69.0 Å². The maximum absolute atomic E-state index is 13.5. The highest BCUT2D eigenvalue weighted by atomic mass is 16.5. The summed E-state index contributed by atoms with van der Waals surface area (Å²) >= 11 is 0. The number of likely N-dealkylation sites (N-methyl/N-ethyl adjacent to an activating group) is 1. The Morgan fingerprint density at radius 2 is 1.81 bits per heavy atom. The molecule has 0 amide bonds. The summed E-state index contributed by atoms with van der Waals surface area (Å²) in [7, 11) is 0. The number of rotatable bonds is 9. The van der Waals surface area contributed by atoms with Gasteiger partial charge in [-0.15, -0.1) is 0 Å². The maximum Gasteiger partial charge on any atom is 0.228 e. The highest BCUT2D eigenvalue weighted by Crippen LogP contribution is 2.40. The fraction of sp³-hybridized carbons (Fsp3) is 0.200. The van der Waals surface area contributed by atoms with Crippen molar-refractivity contribution in [3.8, 4) is 22.6 Å². The Morgan fingerprint density at radius 3 is 2.50 bits per heavy atom. The van der Waals surface area contributed by atoms with E-state index in [1.807, 2.05) is 79.4 Å². The largest absolute Gasteiger partial charge is 0.468 e. The van der Waals surface area contributed by atoms with Crippen LogP contribution in [0.1, 0.15) is 35.5 Å². The van der Waals surface area contributed by atoms with E-state index in [9.17, 15) is 9.59 Å². The SMILES string of the molecule is CCN(CC)C(C=O)Oc1ccc(-c2c(C(=O)c3ccccc3)oc3cc4c(cc23)CC=CO4)cc1. The summed E-state index contributed by atoms with van der Waals surface area (Å²) in [5, 5.41) is 0.842. The Morgan fingerprint density at radius 1 is 1.06 bits per heavy atom. The van der Waals surface area contributed by atoms with Crippen molar-refractivity contribution in [1.29, 1.82) is 0 Å². The third kappa shape index (κ3) is 4.43. The van der Waals surface area contributed by atoms with E-state index in [2.05, 4.69) is 0 Å². The molecule has 1 aliphatic heterocycles. The maximum atomic E-state index is 13.5. The number of allylic oxidation sites excluding steroid dienone is 1. The molecule has 0 radical (unpaired) electrons. The molecule has 1 aromatic heterocycles. The number of ether oxygens (including phenoxy) is 2. The molecule has 0 saturated heterocycles. The lowest BCUT2D eigenvalue weighted by Crippen LogP contribution is -2.40. The molecule has 0 bridgehead atoms. The molecule has 0 spiro atoms. The predicted octanol–water partition coefficient (Wildman–Crippen LogP) is 6.03. The van der Waals surface area contributed by atoms with Crippen LogP contribution in [0.25, 0.3) is 22.1 Å². The smallest absolute Gasteiger partial charge is 0.228 e. The Hall–Kier alpha value is -4.16. The first-order valence-corrected chi connectivity index (χ1v) is 12.1. The minimum Gasteiger partial charge on any atom is -0.468 e. The van der Waals surface area contributed by atoms with Crippen molar-refractivity contribution in [2.45, 2.75) is 26.5 Å². The molecule has 6 heteroatoms. The van der Waals surface area contributed by atoms with Gasteiger partial charge < -0.3 is 13.9 Å². The minimum absolute atomic E-state index is 0.193. The van der Waals surface area contributed by atoms with Gasteiger partial charge in [0.15, 0.2) is 12.0 Å². The molecule has 4 aromatic rings. The highest BCUT2D eigenvalue weighted by molar-refractivity contribution is 6.15. The zero-order valence-corrected chi connectivity index (χ0v) is 20.3. The molecule has 5 rings (SSSR count). The number of benzene rings is 3. The number of hydrogen-bond acceptors (Lipinski definition) is 6. The van der Waals surface area contributed by atoms with Gasteiger partial charge in [-0.3, -0.25) is 14.5 Å². The lowest BCUT2D eigenvalue weighted by Gasteiger charge is -2.25. The second kappa shape index (κ2) is 10.2. The monoisotopic (exact) mass is 481 g/mol. The summed E-state index contributed by atoms with van der Waals surface area (Å²) in [4.78, 5) is 27.1. The Bertz CT molecular complexity index is 1420. The van der Waals surface area contributed by atoms with Gasteiger partial charge in [0.2, 0.25) is 12.0 Å². The van der Waals surface area contributed by atoms with Crippen LogP contribution in [0.15, 0.2) is 83.5 Å². The molecule has 1 aliphatic rings. The third-order valence-corrected chi connectivity index (χ3v) is 6.43. The highest BCUT2D eigenvalue weighted by Gasteiger charge is 2.25. The first kappa shape index (κ1) is 23.6. The summed E-state index contributed by atoms with van der Waals surface area (Å²) in [6, 6.07) is 20.4. The molecular formula is C30H27NO5. The lowest BCUT2D eigenvalue weighted by atomic mass is 9.96. The molecule has 0 aliphatic carbocycles. The van der Waals surface area contributed by atoms with Crippen LogP contribution < -0.4 is 9.47 Å². The average molecular weight is 482 g/mol. The first-order valence-electron chi connectivity index (χ1n) is 12.1. The van der Waals surface area contributed by atoms with Gasteiger partial charge in [0.1, 0.15) is 17.1 Å². The number of nitrogens with zero attached hydrogens (tertiary/aromatic N) is 1. The fourth-order valence-electron chi connectivity index (χ4n) is 4.51. The number of furan rings is 1. The van der Waals surface area contributed by atoms with Gasteiger partial charge in [-0.25, -0.2) is 0 Å². The summed E-state index contributed by atoms with van der Waals surface area (Å²) in [5.74, 6) is 1.38. The van der Waals surface area contributed by atoms with Gasteiger partial charge in [0, 0.05) is 22.6 Å². The molecule has 1 atom stereocenters. The Labute approximate surface area is 209 Å².